The highest BCUT2D eigenvalue weighted by molar-refractivity contribution is 6.74. The van der Waals surface area contributed by atoms with Crippen LogP contribution in [0.4, 0.5) is 4.79 Å². The van der Waals surface area contributed by atoms with E-state index in [1.54, 1.807) is 30.3 Å². The van der Waals surface area contributed by atoms with Gasteiger partial charge >= 0.3 is 6.09 Å². The summed E-state index contributed by atoms with van der Waals surface area (Å²) in [5.41, 5.74) is 2.03. The number of phenolic OH excluding ortho intramolecular Hbond substituents is 1. The number of benzene rings is 2. The molecule has 2 atom stereocenters. The largest absolute Gasteiger partial charge is 0.506 e. The smallest absolute Gasteiger partial charge is 0.407 e. The second-order valence-corrected chi connectivity index (χ2v) is 15.8. The number of carbonyl (C=O) groups is 2. The van der Waals surface area contributed by atoms with Gasteiger partial charge in [-0.25, -0.2) is 4.79 Å². The molecule has 0 unspecified atom stereocenters. The Labute approximate surface area is 218 Å². The number of nitrogens with one attached hydrogen (secondary N) is 1. The Morgan fingerprint density at radius 2 is 1.86 bits per heavy atom. The topological polar surface area (TPSA) is 120 Å². The van der Waals surface area contributed by atoms with Gasteiger partial charge in [-0.05, 0) is 60.8 Å². The van der Waals surface area contributed by atoms with Gasteiger partial charge in [0.15, 0.2) is 8.32 Å². The number of aldehydes is 1. The summed E-state index contributed by atoms with van der Waals surface area (Å²) >= 11 is 0. The highest BCUT2D eigenvalue weighted by atomic mass is 28.4. The maximum Gasteiger partial charge on any atom is 0.407 e. The van der Waals surface area contributed by atoms with E-state index in [1.807, 2.05) is 13.0 Å². The minimum Gasteiger partial charge on any atom is -0.506 e. The molecule has 1 amide bonds. The average molecular weight is 525 g/mol. The summed E-state index contributed by atoms with van der Waals surface area (Å²) in [6.07, 6.45) is -0.536. The van der Waals surface area contributed by atoms with Crippen molar-refractivity contribution < 1.29 is 24.2 Å². The molecule has 0 aliphatic rings. The first kappa shape index (κ1) is 28.1. The molecule has 0 aliphatic carbocycles. The zero-order valence-corrected chi connectivity index (χ0v) is 23.2. The second kappa shape index (κ2) is 10.9. The number of aromatic nitrogens is 1. The van der Waals surface area contributed by atoms with Gasteiger partial charge in [-0.2, -0.15) is 0 Å². The number of hydrogen-bond donors (Lipinski definition) is 3. The summed E-state index contributed by atoms with van der Waals surface area (Å²) in [6, 6.07) is 12.9. The number of phenols is 1. The molecule has 0 aliphatic heterocycles. The number of aromatic hydroxyl groups is 1. The molecule has 1 heterocycles. The fraction of sp³-hybridized carbons (Fsp3) is 0.393. The number of nitrogens with zero attached hydrogens (tertiary/aromatic N) is 1. The van der Waals surface area contributed by atoms with Crippen molar-refractivity contribution in [3.8, 4) is 5.75 Å². The number of pyridine rings is 1. The molecule has 198 valence electrons. The average Bonchev–Trinajstić information content (AvgIpc) is 2.81. The summed E-state index contributed by atoms with van der Waals surface area (Å²) in [7, 11) is -2.38. The van der Waals surface area contributed by atoms with Crippen LogP contribution in [0.15, 0.2) is 53.3 Å². The molecule has 2 aromatic carbocycles. The van der Waals surface area contributed by atoms with Crippen molar-refractivity contribution in [2.45, 2.75) is 64.4 Å². The van der Waals surface area contributed by atoms with Crippen LogP contribution in [0.1, 0.15) is 55.3 Å². The molecule has 0 saturated heterocycles. The SMILES string of the molecule is C[C@H](Cc1cccc(C=O)c1)N(C[C@H](O[Si](C)(C)C(C)(C)C)c1ccc(O)c2[nH]c(=O)ccc12)C(=O)O. The van der Waals surface area contributed by atoms with Crippen molar-refractivity contribution in [2.75, 3.05) is 6.54 Å². The van der Waals surface area contributed by atoms with Gasteiger partial charge < -0.3 is 24.5 Å². The maximum atomic E-state index is 12.5. The Hall–Kier alpha value is -3.43. The minimum absolute atomic E-state index is 0.0510. The molecule has 3 aromatic rings. The van der Waals surface area contributed by atoms with Crippen molar-refractivity contribution in [2.24, 2.45) is 0 Å². The first-order valence-electron chi connectivity index (χ1n) is 12.3. The van der Waals surface area contributed by atoms with E-state index in [1.165, 1.54) is 17.0 Å². The number of hydrogen-bond acceptors (Lipinski definition) is 5. The van der Waals surface area contributed by atoms with Crippen LogP contribution in [0, 0.1) is 0 Å². The van der Waals surface area contributed by atoms with Crippen LogP contribution < -0.4 is 5.56 Å². The van der Waals surface area contributed by atoms with E-state index in [0.29, 0.717) is 22.9 Å². The van der Waals surface area contributed by atoms with Crippen LogP contribution in [-0.2, 0) is 10.8 Å². The molecule has 0 fully saturated rings. The van der Waals surface area contributed by atoms with Crippen LogP contribution in [0.3, 0.4) is 0 Å². The number of carbonyl (C=O) groups excluding carboxylic acids is 1. The summed E-state index contributed by atoms with van der Waals surface area (Å²) in [4.78, 5) is 39.7. The van der Waals surface area contributed by atoms with Crippen LogP contribution in [0.5, 0.6) is 5.75 Å². The molecule has 0 bridgehead atoms. The molecule has 0 spiro atoms. The van der Waals surface area contributed by atoms with Crippen molar-refractivity contribution >= 4 is 31.6 Å². The van der Waals surface area contributed by atoms with Crippen LogP contribution in [0.2, 0.25) is 18.1 Å². The zero-order chi connectivity index (χ0) is 27.5. The third-order valence-corrected chi connectivity index (χ3v) is 11.7. The number of amides is 1. The van der Waals surface area contributed by atoms with Gasteiger partial charge in [0.1, 0.15) is 12.0 Å². The second-order valence-electron chi connectivity index (χ2n) is 11.0. The molecule has 3 N–H and O–H groups in total. The predicted octanol–water partition coefficient (Wildman–Crippen LogP) is 5.72. The molecular formula is C28H36N2O6Si. The molecule has 1 aromatic heterocycles. The fourth-order valence-electron chi connectivity index (χ4n) is 4.14. The van der Waals surface area contributed by atoms with E-state index in [0.717, 1.165) is 11.8 Å². The fourth-order valence-corrected chi connectivity index (χ4v) is 5.41. The van der Waals surface area contributed by atoms with Gasteiger partial charge in [-0.15, -0.1) is 0 Å². The Bertz CT molecular complexity index is 1340. The first-order chi connectivity index (χ1) is 17.2. The molecule has 3 rings (SSSR count). The maximum absolute atomic E-state index is 12.5. The number of H-pyrrole nitrogens is 1. The molecule has 8 nitrogen and oxygen atoms in total. The zero-order valence-electron chi connectivity index (χ0n) is 22.2. The van der Waals surface area contributed by atoms with E-state index in [4.69, 9.17) is 4.43 Å². The van der Waals surface area contributed by atoms with Gasteiger partial charge in [0.25, 0.3) is 0 Å². The van der Waals surface area contributed by atoms with Gasteiger partial charge in [-0.1, -0.05) is 45.0 Å². The Kier molecular flexibility index (Phi) is 8.29. The Balaban J connectivity index is 2.06. The van der Waals surface area contributed by atoms with Crippen molar-refractivity contribution in [3.63, 3.8) is 0 Å². The standard InChI is InChI=1S/C28H36N2O6Si/c1-18(14-19-8-7-9-20(15-19)17-31)30(27(34)35)16-24(36-37(5,6)28(2,3)4)21-10-12-23(32)26-22(21)11-13-25(33)29-26/h7-13,15,17-18,24,32H,14,16H2,1-6H3,(H,29,33)(H,34,35)/t18-,24+/m1/s1. The lowest BCUT2D eigenvalue weighted by atomic mass is 10.0. The molecule has 0 radical (unpaired) electrons. The first-order valence-corrected chi connectivity index (χ1v) is 15.2. The van der Waals surface area contributed by atoms with Crippen LogP contribution in [0.25, 0.3) is 10.9 Å². The van der Waals surface area contributed by atoms with E-state index >= 15 is 0 Å². The summed E-state index contributed by atoms with van der Waals surface area (Å²) < 4.78 is 6.80. The van der Waals surface area contributed by atoms with Crippen molar-refractivity contribution in [1.29, 1.82) is 0 Å². The van der Waals surface area contributed by atoms with Crippen LogP contribution >= 0.6 is 0 Å². The van der Waals surface area contributed by atoms with E-state index < -0.39 is 26.6 Å². The van der Waals surface area contributed by atoms with Crippen molar-refractivity contribution in [1.82, 2.24) is 9.88 Å². The molecule has 37 heavy (non-hydrogen) atoms. The lowest BCUT2D eigenvalue weighted by Crippen LogP contribution is -2.47. The summed E-state index contributed by atoms with van der Waals surface area (Å²) in [5, 5.41) is 21.1. The van der Waals surface area contributed by atoms with E-state index in [-0.39, 0.29) is 28.4 Å². The lowest BCUT2D eigenvalue weighted by molar-refractivity contribution is 0.0847. The van der Waals surface area contributed by atoms with Gasteiger partial charge in [0.2, 0.25) is 5.56 Å². The number of aromatic amines is 1. The molecule has 0 saturated carbocycles. The predicted molar refractivity (Wildman–Crippen MR) is 147 cm³/mol. The minimum atomic E-state index is -2.38. The van der Waals surface area contributed by atoms with E-state index in [9.17, 15) is 24.6 Å². The normalized spacial score (nSPS) is 13.8. The number of fused-ring (bicyclic) bond motifs is 1. The highest BCUT2D eigenvalue weighted by Gasteiger charge is 2.41. The Morgan fingerprint density at radius 1 is 1.16 bits per heavy atom. The summed E-state index contributed by atoms with van der Waals surface area (Å²) in [5.74, 6) is -0.0685. The Morgan fingerprint density at radius 3 is 2.49 bits per heavy atom. The van der Waals surface area contributed by atoms with Crippen LogP contribution in [-0.4, -0.2) is 53.4 Å². The monoisotopic (exact) mass is 524 g/mol. The van der Waals surface area contributed by atoms with Crippen molar-refractivity contribution in [3.05, 3.63) is 75.6 Å². The van der Waals surface area contributed by atoms with Gasteiger partial charge in [0, 0.05) is 23.1 Å². The number of rotatable bonds is 9. The highest BCUT2D eigenvalue weighted by Crippen LogP contribution is 2.41. The van der Waals surface area contributed by atoms with Gasteiger partial charge in [-0.3, -0.25) is 9.59 Å². The van der Waals surface area contributed by atoms with E-state index in [2.05, 4.69) is 38.8 Å². The lowest BCUT2D eigenvalue weighted by Gasteiger charge is -2.41. The number of carboxylic acid groups (broad SMARTS) is 1. The quantitative estimate of drug-likeness (QED) is 0.243. The third kappa shape index (κ3) is 6.47. The molecule has 9 heteroatoms. The molecular weight excluding hydrogens is 488 g/mol. The van der Waals surface area contributed by atoms with Gasteiger partial charge in [0.05, 0.1) is 18.2 Å². The third-order valence-electron chi connectivity index (χ3n) is 7.26. The summed E-state index contributed by atoms with van der Waals surface area (Å²) in [6.45, 7) is 12.4.